The number of para-hydroxylation sites is 1. The second kappa shape index (κ2) is 4.32. The fourth-order valence-electron chi connectivity index (χ4n) is 1.79. The average Bonchev–Trinajstić information content (AvgIpc) is 2.61. The lowest BCUT2D eigenvalue weighted by Gasteiger charge is -2.13. The van der Waals surface area contributed by atoms with E-state index < -0.39 is 4.92 Å². The first-order valence-electron chi connectivity index (χ1n) is 5.15. The first kappa shape index (κ1) is 11.3. The Morgan fingerprint density at radius 1 is 1.18 bits per heavy atom. The van der Waals surface area contributed by atoms with Gasteiger partial charge >= 0.3 is 0 Å². The molecule has 0 saturated carbocycles. The van der Waals surface area contributed by atoms with Gasteiger partial charge < -0.3 is 0 Å². The van der Waals surface area contributed by atoms with E-state index in [9.17, 15) is 19.7 Å². The molecule has 6 heteroatoms. The summed E-state index contributed by atoms with van der Waals surface area (Å²) in [5.41, 5.74) is 0.307. The minimum absolute atomic E-state index is 0.0190. The van der Waals surface area contributed by atoms with Gasteiger partial charge in [-0.05, 0) is 0 Å². The van der Waals surface area contributed by atoms with E-state index in [1.54, 1.807) is 18.2 Å². The molecule has 0 N–H and O–H groups in total. The van der Waals surface area contributed by atoms with Crippen molar-refractivity contribution in [3.8, 4) is 0 Å². The van der Waals surface area contributed by atoms with E-state index in [1.807, 2.05) is 0 Å². The molecule has 17 heavy (non-hydrogen) atoms. The van der Waals surface area contributed by atoms with Crippen LogP contribution in [-0.2, 0) is 16.1 Å². The molecule has 1 heterocycles. The van der Waals surface area contributed by atoms with Crippen LogP contribution in [0.15, 0.2) is 24.3 Å². The van der Waals surface area contributed by atoms with Gasteiger partial charge in [0.05, 0.1) is 11.5 Å². The first-order valence-corrected chi connectivity index (χ1v) is 5.15. The minimum Gasteiger partial charge on any atom is -0.278 e. The van der Waals surface area contributed by atoms with Crippen LogP contribution in [0, 0.1) is 10.1 Å². The molecule has 0 aromatic heterocycles. The van der Waals surface area contributed by atoms with E-state index in [4.69, 9.17) is 0 Å². The number of nitro groups is 1. The number of hydrogen-bond acceptors (Lipinski definition) is 4. The van der Waals surface area contributed by atoms with Gasteiger partial charge in [-0.15, -0.1) is 0 Å². The van der Waals surface area contributed by atoms with Gasteiger partial charge in [-0.1, -0.05) is 18.2 Å². The van der Waals surface area contributed by atoms with Crippen molar-refractivity contribution in [3.05, 3.63) is 39.9 Å². The van der Waals surface area contributed by atoms with Gasteiger partial charge in [0.15, 0.2) is 0 Å². The molecule has 0 bridgehead atoms. The van der Waals surface area contributed by atoms with Crippen LogP contribution in [0.3, 0.4) is 0 Å². The Morgan fingerprint density at radius 2 is 1.76 bits per heavy atom. The van der Waals surface area contributed by atoms with Crippen molar-refractivity contribution < 1.29 is 14.5 Å². The van der Waals surface area contributed by atoms with Crippen LogP contribution < -0.4 is 0 Å². The number of imide groups is 1. The van der Waals surface area contributed by atoms with E-state index in [0.29, 0.717) is 5.56 Å². The number of rotatable bonds is 3. The molecule has 1 fully saturated rings. The molecule has 1 aliphatic heterocycles. The number of carbonyl (C=O) groups is 2. The Balaban J connectivity index is 2.27. The summed E-state index contributed by atoms with van der Waals surface area (Å²) >= 11 is 0. The summed E-state index contributed by atoms with van der Waals surface area (Å²) in [7, 11) is 0. The monoisotopic (exact) mass is 234 g/mol. The summed E-state index contributed by atoms with van der Waals surface area (Å²) in [5.74, 6) is -0.540. The van der Waals surface area contributed by atoms with E-state index in [0.717, 1.165) is 4.90 Å². The van der Waals surface area contributed by atoms with E-state index in [1.165, 1.54) is 6.07 Å². The Kier molecular flexibility index (Phi) is 2.86. The molecule has 88 valence electrons. The number of nitrogens with zero attached hydrogens (tertiary/aromatic N) is 2. The van der Waals surface area contributed by atoms with Crippen molar-refractivity contribution in [1.29, 1.82) is 0 Å². The molecule has 0 aliphatic carbocycles. The van der Waals surface area contributed by atoms with Crippen molar-refractivity contribution in [3.63, 3.8) is 0 Å². The Morgan fingerprint density at radius 3 is 2.35 bits per heavy atom. The molecule has 0 radical (unpaired) electrons. The van der Waals surface area contributed by atoms with Crippen LogP contribution in [0.25, 0.3) is 0 Å². The molecule has 2 amide bonds. The lowest BCUT2D eigenvalue weighted by Crippen LogP contribution is -2.28. The van der Waals surface area contributed by atoms with Crippen molar-refractivity contribution in [2.75, 3.05) is 0 Å². The topological polar surface area (TPSA) is 80.5 Å². The minimum atomic E-state index is -0.514. The highest BCUT2D eigenvalue weighted by molar-refractivity contribution is 6.01. The van der Waals surface area contributed by atoms with Gasteiger partial charge in [0.1, 0.15) is 0 Å². The molecule has 0 unspecified atom stereocenters. The summed E-state index contributed by atoms with van der Waals surface area (Å²) in [5, 5.41) is 10.8. The van der Waals surface area contributed by atoms with Crippen molar-refractivity contribution in [1.82, 2.24) is 4.90 Å². The van der Waals surface area contributed by atoms with Crippen molar-refractivity contribution >= 4 is 17.5 Å². The molecule has 1 aromatic carbocycles. The Labute approximate surface area is 97.0 Å². The van der Waals surface area contributed by atoms with Crippen molar-refractivity contribution in [2.45, 2.75) is 19.4 Å². The molecule has 1 saturated heterocycles. The number of benzene rings is 1. The third-order valence-corrected chi connectivity index (χ3v) is 2.67. The van der Waals surface area contributed by atoms with Gasteiger partial charge in [0.25, 0.3) is 5.69 Å². The number of likely N-dealkylation sites (tertiary alicyclic amines) is 1. The summed E-state index contributed by atoms with van der Waals surface area (Å²) < 4.78 is 0. The molecule has 1 aromatic rings. The molecule has 6 nitrogen and oxygen atoms in total. The molecule has 0 atom stereocenters. The lowest BCUT2D eigenvalue weighted by atomic mass is 10.1. The molecular formula is C11H10N2O4. The Hall–Kier alpha value is -2.24. The van der Waals surface area contributed by atoms with E-state index >= 15 is 0 Å². The van der Waals surface area contributed by atoms with E-state index in [2.05, 4.69) is 0 Å². The molecule has 2 rings (SSSR count). The van der Waals surface area contributed by atoms with Gasteiger partial charge in [-0.25, -0.2) is 0 Å². The predicted molar refractivity (Wildman–Crippen MR) is 57.9 cm³/mol. The molecular weight excluding hydrogens is 224 g/mol. The smallest absolute Gasteiger partial charge is 0.274 e. The van der Waals surface area contributed by atoms with Crippen LogP contribution in [0.1, 0.15) is 18.4 Å². The summed E-state index contributed by atoms with van der Waals surface area (Å²) in [6, 6.07) is 6.11. The highest BCUT2D eigenvalue weighted by Gasteiger charge is 2.30. The average molecular weight is 234 g/mol. The summed E-state index contributed by atoms with van der Waals surface area (Å²) in [6.07, 6.45) is 0.388. The van der Waals surface area contributed by atoms with Crippen LogP contribution >= 0.6 is 0 Å². The van der Waals surface area contributed by atoms with Crippen molar-refractivity contribution in [2.24, 2.45) is 0 Å². The third kappa shape index (κ3) is 2.15. The van der Waals surface area contributed by atoms with Gasteiger partial charge in [-0.3, -0.25) is 24.6 Å². The quantitative estimate of drug-likeness (QED) is 0.447. The number of carbonyl (C=O) groups excluding carboxylic acids is 2. The standard InChI is InChI=1S/C11H10N2O4/c14-10-5-6-11(15)12(10)7-8-3-1-2-4-9(8)13(16)17/h1-4H,5-7H2. The maximum Gasteiger partial charge on any atom is 0.274 e. The number of hydrogen-bond donors (Lipinski definition) is 0. The fourth-order valence-corrected chi connectivity index (χ4v) is 1.79. The zero-order chi connectivity index (χ0) is 12.4. The SMILES string of the molecule is O=C1CCC(=O)N1Cc1ccccc1[N+](=O)[O-]. The predicted octanol–water partition coefficient (Wildman–Crippen LogP) is 1.24. The number of nitro benzene ring substituents is 1. The highest BCUT2D eigenvalue weighted by Crippen LogP contribution is 2.22. The highest BCUT2D eigenvalue weighted by atomic mass is 16.6. The zero-order valence-electron chi connectivity index (χ0n) is 8.96. The van der Waals surface area contributed by atoms with Crippen LogP contribution in [-0.4, -0.2) is 21.6 Å². The van der Waals surface area contributed by atoms with Crippen LogP contribution in [0.2, 0.25) is 0 Å². The third-order valence-electron chi connectivity index (χ3n) is 2.67. The molecule has 1 aliphatic rings. The summed E-state index contributed by atoms with van der Waals surface area (Å²) in [6.45, 7) is -0.0190. The number of amides is 2. The largest absolute Gasteiger partial charge is 0.278 e. The zero-order valence-corrected chi connectivity index (χ0v) is 8.96. The fraction of sp³-hybridized carbons (Fsp3) is 0.273. The Bertz CT molecular complexity index is 482. The van der Waals surface area contributed by atoms with E-state index in [-0.39, 0.29) is 36.9 Å². The van der Waals surface area contributed by atoms with Gasteiger partial charge in [0, 0.05) is 24.5 Å². The second-order valence-corrected chi connectivity index (χ2v) is 3.76. The van der Waals surface area contributed by atoms with Gasteiger partial charge in [-0.2, -0.15) is 0 Å². The second-order valence-electron chi connectivity index (χ2n) is 3.76. The maximum absolute atomic E-state index is 11.4. The van der Waals surface area contributed by atoms with Crippen LogP contribution in [0.4, 0.5) is 5.69 Å². The van der Waals surface area contributed by atoms with Gasteiger partial charge in [0.2, 0.25) is 11.8 Å². The normalized spacial score (nSPS) is 15.4. The van der Waals surface area contributed by atoms with Crippen LogP contribution in [0.5, 0.6) is 0 Å². The summed E-state index contributed by atoms with van der Waals surface area (Å²) in [4.78, 5) is 34.1. The maximum atomic E-state index is 11.4. The molecule has 0 spiro atoms. The lowest BCUT2D eigenvalue weighted by molar-refractivity contribution is -0.385. The first-order chi connectivity index (χ1) is 8.09.